The number of aromatic carboxylic acids is 1. The Morgan fingerprint density at radius 2 is 2.12 bits per heavy atom. The van der Waals surface area contributed by atoms with E-state index in [2.05, 4.69) is 4.98 Å². The Morgan fingerprint density at radius 3 is 2.71 bits per heavy atom. The molecular formula is C13H13NO3. The lowest BCUT2D eigenvalue weighted by Crippen LogP contribution is -2.16. The molecule has 2 N–H and O–H groups in total. The number of fused-ring (bicyclic) bond motifs is 1. The SMILES string of the molecule is CCc1cccc2c(C(=O)O)c(C)c(=O)[nH]c12. The molecule has 1 aromatic carbocycles. The summed E-state index contributed by atoms with van der Waals surface area (Å²) in [6.45, 7) is 3.49. The highest BCUT2D eigenvalue weighted by Gasteiger charge is 2.16. The second-order valence-electron chi connectivity index (χ2n) is 3.95. The molecule has 2 rings (SSSR count). The molecule has 88 valence electrons. The minimum Gasteiger partial charge on any atom is -0.478 e. The summed E-state index contributed by atoms with van der Waals surface area (Å²) in [5.74, 6) is -1.06. The largest absolute Gasteiger partial charge is 0.478 e. The molecule has 0 spiro atoms. The zero-order valence-electron chi connectivity index (χ0n) is 9.70. The average Bonchev–Trinajstić information content (AvgIpc) is 2.29. The van der Waals surface area contributed by atoms with Crippen LogP contribution in [-0.2, 0) is 6.42 Å². The van der Waals surface area contributed by atoms with Gasteiger partial charge in [-0.25, -0.2) is 4.79 Å². The molecule has 0 radical (unpaired) electrons. The second kappa shape index (κ2) is 4.05. The zero-order chi connectivity index (χ0) is 12.6. The summed E-state index contributed by atoms with van der Waals surface area (Å²) in [5, 5.41) is 9.79. The minimum atomic E-state index is -1.06. The highest BCUT2D eigenvalue weighted by Crippen LogP contribution is 2.21. The van der Waals surface area contributed by atoms with Crippen molar-refractivity contribution in [3.05, 3.63) is 45.2 Å². The third-order valence-electron chi connectivity index (χ3n) is 2.97. The van der Waals surface area contributed by atoms with Crippen LogP contribution in [0.15, 0.2) is 23.0 Å². The zero-order valence-corrected chi connectivity index (χ0v) is 9.70. The van der Waals surface area contributed by atoms with Crippen molar-refractivity contribution >= 4 is 16.9 Å². The first-order valence-electron chi connectivity index (χ1n) is 5.44. The number of carbonyl (C=O) groups is 1. The average molecular weight is 231 g/mol. The molecule has 0 amide bonds. The molecule has 17 heavy (non-hydrogen) atoms. The number of aromatic amines is 1. The lowest BCUT2D eigenvalue weighted by Gasteiger charge is -2.08. The van der Waals surface area contributed by atoms with E-state index in [1.165, 1.54) is 6.92 Å². The number of hydrogen-bond acceptors (Lipinski definition) is 2. The number of hydrogen-bond donors (Lipinski definition) is 2. The highest BCUT2D eigenvalue weighted by atomic mass is 16.4. The number of H-pyrrole nitrogens is 1. The Balaban J connectivity index is 3.02. The predicted octanol–water partition coefficient (Wildman–Crippen LogP) is 2.10. The molecule has 1 heterocycles. The first-order valence-corrected chi connectivity index (χ1v) is 5.44. The van der Waals surface area contributed by atoms with Crippen LogP contribution >= 0.6 is 0 Å². The Bertz CT molecular complexity index is 655. The molecule has 4 heteroatoms. The van der Waals surface area contributed by atoms with Gasteiger partial charge in [-0.1, -0.05) is 25.1 Å². The van der Waals surface area contributed by atoms with Gasteiger partial charge in [0.05, 0.1) is 11.1 Å². The molecule has 0 unspecified atom stereocenters. The quantitative estimate of drug-likeness (QED) is 0.831. The predicted molar refractivity (Wildman–Crippen MR) is 65.6 cm³/mol. The Morgan fingerprint density at radius 1 is 1.41 bits per heavy atom. The van der Waals surface area contributed by atoms with Gasteiger partial charge in [0.2, 0.25) is 0 Å². The lowest BCUT2D eigenvalue weighted by molar-refractivity contribution is 0.0698. The van der Waals surface area contributed by atoms with Gasteiger partial charge in [0.25, 0.3) is 5.56 Å². The molecule has 0 aliphatic rings. The van der Waals surface area contributed by atoms with Crippen LogP contribution in [0.1, 0.15) is 28.4 Å². The Kier molecular flexibility index (Phi) is 2.71. The number of pyridine rings is 1. The molecule has 0 fully saturated rings. The monoisotopic (exact) mass is 231 g/mol. The topological polar surface area (TPSA) is 70.2 Å². The van der Waals surface area contributed by atoms with Gasteiger partial charge in [0.15, 0.2) is 0 Å². The fourth-order valence-electron chi connectivity index (χ4n) is 2.05. The molecule has 0 aliphatic heterocycles. The molecular weight excluding hydrogens is 218 g/mol. The van der Waals surface area contributed by atoms with E-state index in [-0.39, 0.29) is 16.7 Å². The molecule has 0 atom stereocenters. The summed E-state index contributed by atoms with van der Waals surface area (Å²) in [5.41, 5.74) is 1.58. The Hall–Kier alpha value is -2.10. The standard InChI is InChI=1S/C13H13NO3/c1-3-8-5-4-6-9-10(13(16)17)7(2)12(15)14-11(8)9/h4-6H,3H2,1-2H3,(H,14,15)(H,16,17). The number of nitrogens with one attached hydrogen (secondary N) is 1. The number of carboxylic acid groups (broad SMARTS) is 1. The van der Waals surface area contributed by atoms with Crippen LogP contribution in [0.3, 0.4) is 0 Å². The van der Waals surface area contributed by atoms with E-state index in [0.717, 1.165) is 12.0 Å². The maximum Gasteiger partial charge on any atom is 0.336 e. The summed E-state index contributed by atoms with van der Waals surface area (Å²) in [4.78, 5) is 25.7. The number of aryl methyl sites for hydroxylation is 1. The van der Waals surface area contributed by atoms with Gasteiger partial charge in [0.1, 0.15) is 0 Å². The summed E-state index contributed by atoms with van der Waals surface area (Å²) in [6, 6.07) is 5.42. The maximum absolute atomic E-state index is 11.7. The van der Waals surface area contributed by atoms with E-state index >= 15 is 0 Å². The van der Waals surface area contributed by atoms with Crippen LogP contribution in [0.5, 0.6) is 0 Å². The van der Waals surface area contributed by atoms with E-state index in [9.17, 15) is 14.7 Å². The van der Waals surface area contributed by atoms with Crippen molar-refractivity contribution < 1.29 is 9.90 Å². The van der Waals surface area contributed by atoms with Crippen LogP contribution in [0, 0.1) is 6.92 Å². The normalized spacial score (nSPS) is 10.7. The third-order valence-corrected chi connectivity index (χ3v) is 2.97. The van der Waals surface area contributed by atoms with Crippen LogP contribution in [-0.4, -0.2) is 16.1 Å². The molecule has 0 saturated heterocycles. The first-order chi connectivity index (χ1) is 8.06. The van der Waals surface area contributed by atoms with E-state index in [1.54, 1.807) is 6.07 Å². The van der Waals surface area contributed by atoms with Crippen molar-refractivity contribution in [3.8, 4) is 0 Å². The molecule has 2 aromatic rings. The summed E-state index contributed by atoms with van der Waals surface area (Å²) in [6.07, 6.45) is 0.745. The van der Waals surface area contributed by atoms with Gasteiger partial charge in [-0.2, -0.15) is 0 Å². The van der Waals surface area contributed by atoms with Crippen LogP contribution < -0.4 is 5.56 Å². The molecule has 0 saturated carbocycles. The van der Waals surface area contributed by atoms with Crippen molar-refractivity contribution in [2.24, 2.45) is 0 Å². The van der Waals surface area contributed by atoms with E-state index in [1.807, 2.05) is 19.1 Å². The molecule has 0 aliphatic carbocycles. The van der Waals surface area contributed by atoms with Crippen molar-refractivity contribution in [3.63, 3.8) is 0 Å². The maximum atomic E-state index is 11.7. The van der Waals surface area contributed by atoms with Crippen LogP contribution in [0.25, 0.3) is 10.9 Å². The first kappa shape index (κ1) is 11.4. The summed E-state index contributed by atoms with van der Waals surface area (Å²) >= 11 is 0. The minimum absolute atomic E-state index is 0.0963. The third kappa shape index (κ3) is 1.71. The van der Waals surface area contributed by atoms with Gasteiger partial charge in [-0.3, -0.25) is 4.79 Å². The number of benzene rings is 1. The van der Waals surface area contributed by atoms with Crippen molar-refractivity contribution in [2.45, 2.75) is 20.3 Å². The van der Waals surface area contributed by atoms with Gasteiger partial charge >= 0.3 is 5.97 Å². The second-order valence-corrected chi connectivity index (χ2v) is 3.95. The highest BCUT2D eigenvalue weighted by molar-refractivity contribution is 6.04. The van der Waals surface area contributed by atoms with E-state index in [4.69, 9.17) is 0 Å². The van der Waals surface area contributed by atoms with Gasteiger partial charge in [-0.05, 0) is 18.9 Å². The molecule has 1 aromatic heterocycles. The van der Waals surface area contributed by atoms with Crippen LogP contribution in [0.4, 0.5) is 0 Å². The van der Waals surface area contributed by atoms with E-state index in [0.29, 0.717) is 10.9 Å². The summed E-state index contributed by atoms with van der Waals surface area (Å²) in [7, 11) is 0. The van der Waals surface area contributed by atoms with E-state index < -0.39 is 5.97 Å². The van der Waals surface area contributed by atoms with Gasteiger partial charge in [0, 0.05) is 10.9 Å². The van der Waals surface area contributed by atoms with Crippen molar-refractivity contribution in [2.75, 3.05) is 0 Å². The molecule has 4 nitrogen and oxygen atoms in total. The number of carboxylic acids is 1. The fraction of sp³-hybridized carbons (Fsp3) is 0.231. The molecule has 0 bridgehead atoms. The van der Waals surface area contributed by atoms with Gasteiger partial charge in [-0.15, -0.1) is 0 Å². The number of para-hydroxylation sites is 1. The lowest BCUT2D eigenvalue weighted by atomic mass is 10.0. The summed E-state index contributed by atoms with van der Waals surface area (Å²) < 4.78 is 0. The van der Waals surface area contributed by atoms with Crippen LogP contribution in [0.2, 0.25) is 0 Å². The number of aromatic nitrogens is 1. The Labute approximate surface area is 97.9 Å². The van der Waals surface area contributed by atoms with Gasteiger partial charge < -0.3 is 10.1 Å². The number of rotatable bonds is 2. The smallest absolute Gasteiger partial charge is 0.336 e. The fourth-order valence-corrected chi connectivity index (χ4v) is 2.05. The van der Waals surface area contributed by atoms with Crippen molar-refractivity contribution in [1.82, 2.24) is 4.98 Å². The van der Waals surface area contributed by atoms with Crippen molar-refractivity contribution in [1.29, 1.82) is 0 Å².